The number of carboxylic acid groups (broad SMARTS) is 1. The lowest BCUT2D eigenvalue weighted by molar-refractivity contribution is -0.147. The molecule has 0 spiro atoms. The Labute approximate surface area is 114 Å². The number of hydrogen-bond acceptors (Lipinski definition) is 3. The quantitative estimate of drug-likeness (QED) is 0.623. The summed E-state index contributed by atoms with van der Waals surface area (Å²) in [6.45, 7) is 0. The molecule has 0 bridgehead atoms. The van der Waals surface area contributed by atoms with Gasteiger partial charge in [-0.1, -0.05) is 12.1 Å². The molecule has 0 heterocycles. The van der Waals surface area contributed by atoms with Gasteiger partial charge in [-0.2, -0.15) is 0 Å². The minimum absolute atomic E-state index is 0.0155. The van der Waals surface area contributed by atoms with Crippen molar-refractivity contribution in [3.8, 4) is 0 Å². The Morgan fingerprint density at radius 2 is 1.94 bits per heavy atom. The molecule has 0 aliphatic heterocycles. The maximum absolute atomic E-state index is 11.6. The van der Waals surface area contributed by atoms with Gasteiger partial charge in [0, 0.05) is 23.7 Å². The van der Waals surface area contributed by atoms with Crippen LogP contribution in [0.15, 0.2) is 18.2 Å². The van der Waals surface area contributed by atoms with Crippen LogP contribution in [0, 0.1) is 0 Å². The zero-order chi connectivity index (χ0) is 13.7. The SMILES string of the molecule is O=C(CCCl)c1ccc(C(O)C(=O)O)c(CCl)c1. The van der Waals surface area contributed by atoms with Crippen LogP contribution in [0.4, 0.5) is 0 Å². The number of aliphatic carboxylic acids is 1. The van der Waals surface area contributed by atoms with E-state index in [0.717, 1.165) is 0 Å². The first-order chi connectivity index (χ1) is 8.51. The number of halogens is 2. The Bertz CT molecular complexity index is 459. The minimum Gasteiger partial charge on any atom is -0.479 e. The molecule has 1 aromatic carbocycles. The molecular formula is C12H12Cl2O4. The van der Waals surface area contributed by atoms with E-state index in [4.69, 9.17) is 28.3 Å². The fraction of sp³-hybridized carbons (Fsp3) is 0.333. The lowest BCUT2D eigenvalue weighted by Gasteiger charge is -2.12. The zero-order valence-corrected chi connectivity index (χ0v) is 10.9. The van der Waals surface area contributed by atoms with Crippen molar-refractivity contribution in [2.75, 3.05) is 5.88 Å². The van der Waals surface area contributed by atoms with Crippen LogP contribution in [-0.2, 0) is 10.7 Å². The summed E-state index contributed by atoms with van der Waals surface area (Å²) in [6, 6.07) is 4.35. The van der Waals surface area contributed by atoms with Gasteiger partial charge in [0.1, 0.15) is 0 Å². The van der Waals surface area contributed by atoms with Crippen LogP contribution in [0.2, 0.25) is 0 Å². The predicted octanol–water partition coefficient (Wildman–Crippen LogP) is 2.36. The third kappa shape index (κ3) is 3.45. The van der Waals surface area contributed by atoms with Gasteiger partial charge in [0.25, 0.3) is 0 Å². The molecule has 0 aromatic heterocycles. The molecule has 1 atom stereocenters. The molecule has 1 rings (SSSR count). The van der Waals surface area contributed by atoms with E-state index in [0.29, 0.717) is 11.1 Å². The van der Waals surface area contributed by atoms with E-state index in [-0.39, 0.29) is 29.5 Å². The first-order valence-electron chi connectivity index (χ1n) is 5.20. The Hall–Kier alpha value is -1.10. The number of alkyl halides is 2. The smallest absolute Gasteiger partial charge is 0.337 e. The van der Waals surface area contributed by atoms with Gasteiger partial charge in [-0.05, 0) is 17.2 Å². The first-order valence-corrected chi connectivity index (χ1v) is 6.27. The van der Waals surface area contributed by atoms with Gasteiger partial charge in [0.15, 0.2) is 11.9 Å². The van der Waals surface area contributed by atoms with Crippen LogP contribution < -0.4 is 0 Å². The number of carbonyl (C=O) groups excluding carboxylic acids is 1. The van der Waals surface area contributed by atoms with Crippen molar-refractivity contribution < 1.29 is 19.8 Å². The largest absolute Gasteiger partial charge is 0.479 e. The number of carboxylic acids is 1. The van der Waals surface area contributed by atoms with E-state index in [1.165, 1.54) is 18.2 Å². The second kappa shape index (κ2) is 6.73. The highest BCUT2D eigenvalue weighted by Gasteiger charge is 2.20. The topological polar surface area (TPSA) is 74.6 Å². The molecule has 0 fully saturated rings. The number of benzene rings is 1. The fourth-order valence-electron chi connectivity index (χ4n) is 1.52. The summed E-state index contributed by atoms with van der Waals surface area (Å²) in [4.78, 5) is 22.3. The molecule has 98 valence electrons. The Kier molecular flexibility index (Phi) is 5.59. The van der Waals surface area contributed by atoms with Gasteiger partial charge in [0.2, 0.25) is 0 Å². The molecule has 0 aliphatic carbocycles. The Balaban J connectivity index is 3.11. The minimum atomic E-state index is -1.64. The Morgan fingerprint density at radius 3 is 2.44 bits per heavy atom. The maximum atomic E-state index is 11.6. The van der Waals surface area contributed by atoms with E-state index >= 15 is 0 Å². The maximum Gasteiger partial charge on any atom is 0.337 e. The van der Waals surface area contributed by atoms with Gasteiger partial charge < -0.3 is 10.2 Å². The number of aliphatic hydroxyl groups excluding tert-OH is 1. The van der Waals surface area contributed by atoms with Gasteiger partial charge in [-0.3, -0.25) is 4.79 Å². The number of Topliss-reactive ketones (excluding diaryl/α,β-unsaturated/α-hetero) is 1. The third-order valence-electron chi connectivity index (χ3n) is 2.46. The van der Waals surface area contributed by atoms with Crippen molar-refractivity contribution in [1.29, 1.82) is 0 Å². The van der Waals surface area contributed by atoms with Gasteiger partial charge >= 0.3 is 5.97 Å². The molecule has 4 nitrogen and oxygen atoms in total. The summed E-state index contributed by atoms with van der Waals surface area (Å²) in [5, 5.41) is 18.2. The number of carbonyl (C=O) groups is 2. The highest BCUT2D eigenvalue weighted by Crippen LogP contribution is 2.22. The van der Waals surface area contributed by atoms with Crippen LogP contribution in [0.25, 0.3) is 0 Å². The van der Waals surface area contributed by atoms with E-state index in [1.54, 1.807) is 0 Å². The third-order valence-corrected chi connectivity index (χ3v) is 2.94. The summed E-state index contributed by atoms with van der Waals surface area (Å²) >= 11 is 11.2. The Morgan fingerprint density at radius 1 is 1.28 bits per heavy atom. The highest BCUT2D eigenvalue weighted by atomic mass is 35.5. The summed E-state index contributed by atoms with van der Waals surface area (Å²) in [5.41, 5.74) is 1.03. The molecule has 2 N–H and O–H groups in total. The summed E-state index contributed by atoms with van der Waals surface area (Å²) < 4.78 is 0. The van der Waals surface area contributed by atoms with Crippen molar-refractivity contribution in [3.63, 3.8) is 0 Å². The summed E-state index contributed by atoms with van der Waals surface area (Å²) in [5.74, 6) is -1.27. The van der Waals surface area contributed by atoms with Gasteiger partial charge in [0.05, 0.1) is 0 Å². The second-order valence-electron chi connectivity index (χ2n) is 3.65. The molecule has 0 amide bonds. The standard InChI is InChI=1S/C12H12Cl2O4/c13-4-3-10(15)7-1-2-9(8(5-7)6-14)11(16)12(17)18/h1-2,5,11,16H,3-4,6H2,(H,17,18). The summed E-state index contributed by atoms with van der Waals surface area (Å²) in [6.07, 6.45) is -1.44. The number of ketones is 1. The van der Waals surface area contributed by atoms with Crippen LogP contribution in [0.3, 0.4) is 0 Å². The normalized spacial score (nSPS) is 12.2. The van der Waals surface area contributed by atoms with E-state index in [1.807, 2.05) is 0 Å². The molecular weight excluding hydrogens is 279 g/mol. The molecule has 0 radical (unpaired) electrons. The van der Waals surface area contributed by atoms with Gasteiger partial charge in [-0.15, -0.1) is 23.2 Å². The van der Waals surface area contributed by atoms with E-state index < -0.39 is 12.1 Å². The average Bonchev–Trinajstić information content (AvgIpc) is 2.37. The number of hydrogen-bond donors (Lipinski definition) is 2. The zero-order valence-electron chi connectivity index (χ0n) is 9.40. The second-order valence-corrected chi connectivity index (χ2v) is 4.30. The molecule has 18 heavy (non-hydrogen) atoms. The molecule has 0 saturated heterocycles. The van der Waals surface area contributed by atoms with Crippen molar-refractivity contribution in [2.24, 2.45) is 0 Å². The first kappa shape index (κ1) is 15.0. The van der Waals surface area contributed by atoms with Crippen LogP contribution in [0.5, 0.6) is 0 Å². The predicted molar refractivity (Wildman–Crippen MR) is 68.3 cm³/mol. The molecule has 0 saturated carbocycles. The van der Waals surface area contributed by atoms with Crippen LogP contribution in [0.1, 0.15) is 34.0 Å². The lowest BCUT2D eigenvalue weighted by Crippen LogP contribution is -2.13. The van der Waals surface area contributed by atoms with Gasteiger partial charge in [-0.25, -0.2) is 4.79 Å². The molecule has 1 unspecified atom stereocenters. The monoisotopic (exact) mass is 290 g/mol. The average molecular weight is 291 g/mol. The van der Waals surface area contributed by atoms with Crippen LogP contribution in [-0.4, -0.2) is 27.8 Å². The lowest BCUT2D eigenvalue weighted by atomic mass is 9.98. The van der Waals surface area contributed by atoms with E-state index in [9.17, 15) is 14.7 Å². The van der Waals surface area contributed by atoms with Crippen molar-refractivity contribution >= 4 is 35.0 Å². The molecule has 1 aromatic rings. The summed E-state index contributed by atoms with van der Waals surface area (Å²) in [7, 11) is 0. The molecule has 0 aliphatic rings. The fourth-order valence-corrected chi connectivity index (χ4v) is 1.93. The molecule has 6 heteroatoms. The van der Waals surface area contributed by atoms with E-state index in [2.05, 4.69) is 0 Å². The van der Waals surface area contributed by atoms with Crippen molar-refractivity contribution in [2.45, 2.75) is 18.4 Å². The number of aliphatic hydroxyl groups is 1. The highest BCUT2D eigenvalue weighted by molar-refractivity contribution is 6.19. The van der Waals surface area contributed by atoms with Crippen LogP contribution >= 0.6 is 23.2 Å². The number of rotatable bonds is 6. The van der Waals surface area contributed by atoms with Crippen molar-refractivity contribution in [1.82, 2.24) is 0 Å². The van der Waals surface area contributed by atoms with Crippen molar-refractivity contribution in [3.05, 3.63) is 34.9 Å².